The summed E-state index contributed by atoms with van der Waals surface area (Å²) >= 11 is 0. The molecule has 0 fully saturated rings. The quantitative estimate of drug-likeness (QED) is 0.338. The fourth-order valence-electron chi connectivity index (χ4n) is 3.42. The molecule has 1 aliphatic heterocycles. The van der Waals surface area contributed by atoms with Gasteiger partial charge in [-0.05, 0) is 60.7 Å². The Morgan fingerprint density at radius 2 is 2.00 bits per heavy atom. The largest absolute Gasteiger partial charge is 0.489 e. The van der Waals surface area contributed by atoms with E-state index in [1.165, 1.54) is 0 Å². The molecule has 8 heteroatoms. The van der Waals surface area contributed by atoms with E-state index in [1.54, 1.807) is 30.3 Å². The van der Waals surface area contributed by atoms with Gasteiger partial charge in [0, 0.05) is 25.3 Å². The van der Waals surface area contributed by atoms with Gasteiger partial charge in [-0.25, -0.2) is 13.1 Å². The summed E-state index contributed by atoms with van der Waals surface area (Å²) in [6, 6.07) is 12.2. The smallest absolute Gasteiger partial charge is 0.240 e. The molecule has 0 saturated heterocycles. The first kappa shape index (κ1) is 22.6. The second-order valence-electron chi connectivity index (χ2n) is 7.64. The minimum absolute atomic E-state index is 0.0266. The van der Waals surface area contributed by atoms with Crippen LogP contribution in [0.2, 0.25) is 0 Å². The van der Waals surface area contributed by atoms with Gasteiger partial charge in [0.15, 0.2) is 0 Å². The number of ether oxygens (including phenoxy) is 1. The van der Waals surface area contributed by atoms with E-state index in [-0.39, 0.29) is 11.0 Å². The van der Waals surface area contributed by atoms with E-state index in [9.17, 15) is 13.5 Å². The Bertz CT molecular complexity index is 932. The van der Waals surface area contributed by atoms with Gasteiger partial charge in [0.05, 0.1) is 11.0 Å². The molecule has 5 N–H and O–H groups in total. The molecular formula is C22H31N3O4S. The van der Waals surface area contributed by atoms with Gasteiger partial charge in [-0.1, -0.05) is 25.5 Å². The molecule has 0 aliphatic carbocycles. The second-order valence-corrected chi connectivity index (χ2v) is 9.41. The molecule has 1 heterocycles. The van der Waals surface area contributed by atoms with Crippen molar-refractivity contribution in [3.63, 3.8) is 0 Å². The lowest BCUT2D eigenvalue weighted by Gasteiger charge is -2.27. The van der Waals surface area contributed by atoms with Crippen LogP contribution in [0.5, 0.6) is 5.75 Å². The predicted octanol–water partition coefficient (Wildman–Crippen LogP) is 2.36. The van der Waals surface area contributed by atoms with Gasteiger partial charge in [0.1, 0.15) is 11.9 Å². The van der Waals surface area contributed by atoms with Gasteiger partial charge < -0.3 is 20.9 Å². The lowest BCUT2D eigenvalue weighted by Crippen LogP contribution is -2.36. The number of hydrogen-bond donors (Lipinski definition) is 4. The minimum atomic E-state index is -3.49. The van der Waals surface area contributed by atoms with Crippen molar-refractivity contribution in [2.24, 2.45) is 0 Å². The molecule has 0 amide bonds. The van der Waals surface area contributed by atoms with Crippen molar-refractivity contribution < 1.29 is 18.3 Å². The topological polar surface area (TPSA) is 114 Å². The van der Waals surface area contributed by atoms with Crippen molar-refractivity contribution in [2.75, 3.05) is 25.4 Å². The van der Waals surface area contributed by atoms with Crippen LogP contribution in [0.1, 0.15) is 43.4 Å². The average Bonchev–Trinajstić information content (AvgIpc) is 2.74. The number of rotatable bonds is 10. The molecular weight excluding hydrogens is 402 g/mol. The summed E-state index contributed by atoms with van der Waals surface area (Å²) in [5, 5.41) is 13.5. The molecule has 3 rings (SSSR count). The highest BCUT2D eigenvalue weighted by molar-refractivity contribution is 7.89. The maximum absolute atomic E-state index is 12.4. The number of aryl methyl sites for hydroxylation is 1. The monoisotopic (exact) mass is 433 g/mol. The van der Waals surface area contributed by atoms with Gasteiger partial charge in [0.2, 0.25) is 10.0 Å². The third kappa shape index (κ3) is 5.95. The van der Waals surface area contributed by atoms with Gasteiger partial charge in [0.25, 0.3) is 0 Å². The Morgan fingerprint density at radius 1 is 1.23 bits per heavy atom. The number of aliphatic hydroxyl groups is 1. The highest BCUT2D eigenvalue weighted by Crippen LogP contribution is 2.29. The Labute approximate surface area is 178 Å². The van der Waals surface area contributed by atoms with Crippen molar-refractivity contribution in [3.05, 3.63) is 53.6 Å². The Hall–Kier alpha value is -2.13. The summed E-state index contributed by atoms with van der Waals surface area (Å²) in [6.07, 6.45) is 2.64. The summed E-state index contributed by atoms with van der Waals surface area (Å²) < 4.78 is 33.5. The average molecular weight is 434 g/mol. The van der Waals surface area contributed by atoms with Crippen molar-refractivity contribution in [2.45, 2.75) is 49.7 Å². The fraction of sp³-hybridized carbons (Fsp3) is 0.455. The lowest BCUT2D eigenvalue weighted by atomic mass is 10.0. The number of anilines is 1. The van der Waals surface area contributed by atoms with Crippen LogP contribution in [0.4, 0.5) is 5.69 Å². The third-order valence-electron chi connectivity index (χ3n) is 5.22. The molecule has 164 valence electrons. The van der Waals surface area contributed by atoms with Gasteiger partial charge in [-0.15, -0.1) is 0 Å². The number of hydrogen-bond acceptors (Lipinski definition) is 6. The van der Waals surface area contributed by atoms with E-state index in [2.05, 4.69) is 10.0 Å². The van der Waals surface area contributed by atoms with Crippen LogP contribution in [-0.2, 0) is 16.4 Å². The molecule has 30 heavy (non-hydrogen) atoms. The van der Waals surface area contributed by atoms with Gasteiger partial charge in [-0.3, -0.25) is 0 Å². The van der Waals surface area contributed by atoms with Crippen molar-refractivity contribution in [3.8, 4) is 5.75 Å². The van der Waals surface area contributed by atoms with Crippen LogP contribution >= 0.6 is 0 Å². The predicted molar refractivity (Wildman–Crippen MR) is 118 cm³/mol. The number of benzene rings is 2. The molecule has 2 atom stereocenters. The zero-order valence-corrected chi connectivity index (χ0v) is 18.1. The molecule has 0 spiro atoms. The highest BCUT2D eigenvalue weighted by atomic mass is 32.2. The highest BCUT2D eigenvalue weighted by Gasteiger charge is 2.23. The Morgan fingerprint density at radius 3 is 2.73 bits per heavy atom. The number of nitrogens with one attached hydrogen (secondary N) is 2. The number of nitrogen functional groups attached to an aromatic ring is 1. The van der Waals surface area contributed by atoms with Crippen LogP contribution in [0, 0.1) is 0 Å². The lowest BCUT2D eigenvalue weighted by molar-refractivity contribution is 0.146. The normalized spacial score (nSPS) is 17.2. The van der Waals surface area contributed by atoms with E-state index in [0.29, 0.717) is 25.3 Å². The van der Waals surface area contributed by atoms with Crippen molar-refractivity contribution >= 4 is 15.7 Å². The first-order valence-corrected chi connectivity index (χ1v) is 11.9. The standard InChI is InChI=1S/C22H31N3O4S/c1-2-3-12-25-30(27,28)20-10-11-22-17(13-20)6-9-19(29-22)14-24-15-21(26)16-4-7-18(23)8-5-16/h4-5,7-8,10-11,13,19,21,24-26H,2-3,6,9,12,14-15,23H2,1H3. The van der Waals surface area contributed by atoms with Crippen molar-refractivity contribution in [1.29, 1.82) is 0 Å². The van der Waals surface area contributed by atoms with E-state index in [1.807, 2.05) is 19.1 Å². The molecule has 2 unspecified atom stereocenters. The van der Waals surface area contributed by atoms with Gasteiger partial charge in [-0.2, -0.15) is 0 Å². The van der Waals surface area contributed by atoms with Crippen LogP contribution in [-0.4, -0.2) is 39.3 Å². The molecule has 0 saturated carbocycles. The first-order valence-electron chi connectivity index (χ1n) is 10.4. The van der Waals surface area contributed by atoms with E-state index >= 15 is 0 Å². The zero-order valence-electron chi connectivity index (χ0n) is 17.3. The Balaban J connectivity index is 1.51. The molecule has 0 bridgehead atoms. The Kier molecular flexibility index (Phi) is 7.71. The summed E-state index contributed by atoms with van der Waals surface area (Å²) in [5.41, 5.74) is 8.06. The maximum Gasteiger partial charge on any atom is 0.240 e. The number of aliphatic hydroxyl groups excluding tert-OH is 1. The number of fused-ring (bicyclic) bond motifs is 1. The maximum atomic E-state index is 12.4. The second kappa shape index (κ2) is 10.3. The minimum Gasteiger partial charge on any atom is -0.489 e. The van der Waals surface area contributed by atoms with Crippen LogP contribution < -0.4 is 20.5 Å². The zero-order chi connectivity index (χ0) is 21.6. The van der Waals surface area contributed by atoms with Crippen LogP contribution in [0.3, 0.4) is 0 Å². The molecule has 0 radical (unpaired) electrons. The summed E-state index contributed by atoms with van der Waals surface area (Å²) in [7, 11) is -3.49. The van der Waals surface area contributed by atoms with Gasteiger partial charge >= 0.3 is 0 Å². The third-order valence-corrected chi connectivity index (χ3v) is 6.68. The first-order chi connectivity index (χ1) is 14.4. The summed E-state index contributed by atoms with van der Waals surface area (Å²) in [4.78, 5) is 0.282. The SMILES string of the molecule is CCCCNS(=O)(=O)c1ccc2c(c1)CCC(CNCC(O)c1ccc(N)cc1)O2. The van der Waals surface area contributed by atoms with Crippen LogP contribution in [0.15, 0.2) is 47.4 Å². The van der Waals surface area contributed by atoms with E-state index in [4.69, 9.17) is 10.5 Å². The summed E-state index contributed by atoms with van der Waals surface area (Å²) in [5.74, 6) is 0.722. The molecule has 2 aromatic carbocycles. The fourth-order valence-corrected chi connectivity index (χ4v) is 4.54. The number of nitrogens with two attached hydrogens (primary N) is 1. The number of unbranched alkanes of at least 4 members (excludes halogenated alkanes) is 1. The molecule has 2 aromatic rings. The van der Waals surface area contributed by atoms with Crippen molar-refractivity contribution in [1.82, 2.24) is 10.0 Å². The summed E-state index contributed by atoms with van der Waals surface area (Å²) in [6.45, 7) is 3.48. The van der Waals surface area contributed by atoms with E-state index < -0.39 is 16.1 Å². The molecule has 7 nitrogen and oxygen atoms in total. The number of sulfonamides is 1. The van der Waals surface area contributed by atoms with Crippen LogP contribution in [0.25, 0.3) is 0 Å². The van der Waals surface area contributed by atoms with E-state index in [0.717, 1.165) is 42.6 Å². The molecule has 1 aliphatic rings. The molecule has 0 aromatic heterocycles.